The predicted molar refractivity (Wildman–Crippen MR) is 95.3 cm³/mol. The summed E-state index contributed by atoms with van der Waals surface area (Å²) < 4.78 is 5.57. The molecule has 1 heterocycles. The molecule has 0 aliphatic carbocycles. The maximum Gasteiger partial charge on any atom is 0.0841 e. The van der Waals surface area contributed by atoms with E-state index in [1.54, 1.807) is 0 Å². The van der Waals surface area contributed by atoms with E-state index in [9.17, 15) is 0 Å². The summed E-state index contributed by atoms with van der Waals surface area (Å²) in [5.74, 6) is 0. The Balaban J connectivity index is 1.63. The Kier molecular flexibility index (Phi) is 13.2. The number of aliphatic hydroxyl groups is 1. The molecule has 0 amide bonds. The quantitative estimate of drug-likeness (QED) is 0.263. The smallest absolute Gasteiger partial charge is 0.0841 e. The summed E-state index contributed by atoms with van der Waals surface area (Å²) in [6.45, 7) is 2.59. The van der Waals surface area contributed by atoms with Gasteiger partial charge in [-0.25, -0.2) is 0 Å². The van der Waals surface area contributed by atoms with Crippen LogP contribution in [0.4, 0.5) is 0 Å². The van der Waals surface area contributed by atoms with Crippen LogP contribution in [0, 0.1) is 0 Å². The first-order chi connectivity index (χ1) is 10.9. The van der Waals surface area contributed by atoms with Crippen molar-refractivity contribution in [3.05, 3.63) is 0 Å². The number of hydrogen-bond donors (Lipinski definition) is 1. The van der Waals surface area contributed by atoms with Gasteiger partial charge in [-0.1, -0.05) is 90.4 Å². The van der Waals surface area contributed by atoms with Gasteiger partial charge in [-0.05, 0) is 19.3 Å². The average Bonchev–Trinajstić information content (AvgIpc) is 3.30. The van der Waals surface area contributed by atoms with Crippen LogP contribution in [0.25, 0.3) is 0 Å². The Morgan fingerprint density at radius 1 is 0.591 bits per heavy atom. The lowest BCUT2D eigenvalue weighted by molar-refractivity contribution is 0.282. The second-order valence-electron chi connectivity index (χ2n) is 7.08. The standard InChI is InChI=1S/C20H40O2/c1-2-19-20(22-19)17-15-13-11-9-7-5-3-4-6-8-10-12-14-16-18-21/h19-21H,2-18H2,1H3. The first-order valence-corrected chi connectivity index (χ1v) is 10.1. The zero-order valence-corrected chi connectivity index (χ0v) is 15.0. The molecule has 0 aromatic carbocycles. The van der Waals surface area contributed by atoms with Crippen LogP contribution in [0.1, 0.15) is 110 Å². The minimum absolute atomic E-state index is 0.369. The number of ether oxygens (including phenoxy) is 1. The number of unbranched alkanes of at least 4 members (excludes halogenated alkanes) is 13. The van der Waals surface area contributed by atoms with Gasteiger partial charge in [0.15, 0.2) is 0 Å². The maximum absolute atomic E-state index is 8.70. The highest BCUT2D eigenvalue weighted by Crippen LogP contribution is 2.29. The van der Waals surface area contributed by atoms with Gasteiger partial charge in [0.25, 0.3) is 0 Å². The van der Waals surface area contributed by atoms with Crippen LogP contribution < -0.4 is 0 Å². The van der Waals surface area contributed by atoms with E-state index in [1.165, 1.54) is 96.3 Å². The number of rotatable bonds is 17. The van der Waals surface area contributed by atoms with Gasteiger partial charge >= 0.3 is 0 Å². The van der Waals surface area contributed by atoms with Crippen molar-refractivity contribution in [1.29, 1.82) is 0 Å². The van der Waals surface area contributed by atoms with Crippen molar-refractivity contribution in [2.45, 2.75) is 122 Å². The van der Waals surface area contributed by atoms with E-state index >= 15 is 0 Å². The summed E-state index contributed by atoms with van der Waals surface area (Å²) in [7, 11) is 0. The topological polar surface area (TPSA) is 32.8 Å². The van der Waals surface area contributed by atoms with Crippen LogP contribution in [0.15, 0.2) is 0 Å². The second kappa shape index (κ2) is 14.5. The fourth-order valence-corrected chi connectivity index (χ4v) is 3.37. The minimum atomic E-state index is 0.369. The van der Waals surface area contributed by atoms with Crippen molar-refractivity contribution in [3.63, 3.8) is 0 Å². The highest BCUT2D eigenvalue weighted by atomic mass is 16.6. The molecule has 1 N–H and O–H groups in total. The molecular weight excluding hydrogens is 272 g/mol. The third kappa shape index (κ3) is 11.5. The molecule has 1 aliphatic heterocycles. The molecule has 0 saturated carbocycles. The van der Waals surface area contributed by atoms with Crippen LogP contribution in [0.2, 0.25) is 0 Å². The highest BCUT2D eigenvalue weighted by molar-refractivity contribution is 4.82. The summed E-state index contributed by atoms with van der Waals surface area (Å²) >= 11 is 0. The molecule has 2 heteroatoms. The summed E-state index contributed by atoms with van der Waals surface area (Å²) in [6.07, 6.45) is 22.8. The molecule has 0 aromatic rings. The Morgan fingerprint density at radius 3 is 1.36 bits per heavy atom. The molecule has 0 radical (unpaired) electrons. The van der Waals surface area contributed by atoms with E-state index in [-0.39, 0.29) is 0 Å². The van der Waals surface area contributed by atoms with Gasteiger partial charge in [0, 0.05) is 6.61 Å². The molecule has 0 spiro atoms. The van der Waals surface area contributed by atoms with E-state index in [0.717, 1.165) is 6.42 Å². The van der Waals surface area contributed by atoms with Crippen LogP contribution in [0.5, 0.6) is 0 Å². The molecule has 0 bridgehead atoms. The number of aliphatic hydroxyl groups excluding tert-OH is 1. The van der Waals surface area contributed by atoms with E-state index in [0.29, 0.717) is 18.8 Å². The third-order valence-corrected chi connectivity index (χ3v) is 4.99. The average molecular weight is 313 g/mol. The second-order valence-corrected chi connectivity index (χ2v) is 7.08. The number of epoxide rings is 1. The van der Waals surface area contributed by atoms with Gasteiger partial charge in [-0.3, -0.25) is 0 Å². The van der Waals surface area contributed by atoms with Crippen molar-refractivity contribution in [2.24, 2.45) is 0 Å². The Hall–Kier alpha value is -0.0800. The molecule has 0 aromatic heterocycles. The molecule has 1 aliphatic rings. The van der Waals surface area contributed by atoms with Gasteiger partial charge in [0.05, 0.1) is 12.2 Å². The monoisotopic (exact) mass is 312 g/mol. The zero-order valence-electron chi connectivity index (χ0n) is 15.0. The molecule has 132 valence electrons. The van der Waals surface area contributed by atoms with Crippen molar-refractivity contribution >= 4 is 0 Å². The SMILES string of the molecule is CCC1OC1CCCCCCCCCCCCCCCCO. The first-order valence-electron chi connectivity index (χ1n) is 10.1. The lowest BCUT2D eigenvalue weighted by atomic mass is 10.0. The van der Waals surface area contributed by atoms with E-state index in [2.05, 4.69) is 6.92 Å². The summed E-state index contributed by atoms with van der Waals surface area (Å²) in [6, 6.07) is 0. The predicted octanol–water partition coefficient (Wildman–Crippen LogP) is 6.01. The van der Waals surface area contributed by atoms with E-state index < -0.39 is 0 Å². The normalized spacial score (nSPS) is 20.5. The summed E-state index contributed by atoms with van der Waals surface area (Å²) in [5.41, 5.74) is 0. The molecular formula is C20H40O2. The lowest BCUT2D eigenvalue weighted by Gasteiger charge is -2.03. The number of hydrogen-bond acceptors (Lipinski definition) is 2. The van der Waals surface area contributed by atoms with Gasteiger partial charge in [-0.15, -0.1) is 0 Å². The fraction of sp³-hybridized carbons (Fsp3) is 1.00. The first kappa shape index (κ1) is 20.0. The Labute approximate surface area is 139 Å². The molecule has 2 atom stereocenters. The lowest BCUT2D eigenvalue weighted by Crippen LogP contribution is -1.92. The van der Waals surface area contributed by atoms with E-state index in [4.69, 9.17) is 9.84 Å². The van der Waals surface area contributed by atoms with Crippen LogP contribution >= 0.6 is 0 Å². The Bertz CT molecular complexity index is 230. The van der Waals surface area contributed by atoms with Crippen molar-refractivity contribution in [2.75, 3.05) is 6.61 Å². The van der Waals surface area contributed by atoms with Gasteiger partial charge in [0.1, 0.15) is 0 Å². The highest BCUT2D eigenvalue weighted by Gasteiger charge is 2.35. The van der Waals surface area contributed by atoms with Crippen molar-refractivity contribution in [1.82, 2.24) is 0 Å². The zero-order chi connectivity index (χ0) is 15.9. The molecule has 2 nitrogen and oxygen atoms in total. The minimum Gasteiger partial charge on any atom is -0.396 e. The van der Waals surface area contributed by atoms with Gasteiger partial charge in [-0.2, -0.15) is 0 Å². The molecule has 22 heavy (non-hydrogen) atoms. The van der Waals surface area contributed by atoms with Crippen molar-refractivity contribution < 1.29 is 9.84 Å². The summed E-state index contributed by atoms with van der Waals surface area (Å²) in [5, 5.41) is 8.70. The molecule has 1 fully saturated rings. The molecule has 1 saturated heterocycles. The fourth-order valence-electron chi connectivity index (χ4n) is 3.37. The van der Waals surface area contributed by atoms with Gasteiger partial charge < -0.3 is 9.84 Å². The van der Waals surface area contributed by atoms with E-state index in [1.807, 2.05) is 0 Å². The Morgan fingerprint density at radius 2 is 1.00 bits per heavy atom. The van der Waals surface area contributed by atoms with Crippen LogP contribution in [-0.2, 0) is 4.74 Å². The maximum atomic E-state index is 8.70. The third-order valence-electron chi connectivity index (χ3n) is 4.99. The summed E-state index contributed by atoms with van der Waals surface area (Å²) in [4.78, 5) is 0. The van der Waals surface area contributed by atoms with Crippen LogP contribution in [0.3, 0.4) is 0 Å². The van der Waals surface area contributed by atoms with Crippen LogP contribution in [-0.4, -0.2) is 23.9 Å². The van der Waals surface area contributed by atoms with Gasteiger partial charge in [0.2, 0.25) is 0 Å². The largest absolute Gasteiger partial charge is 0.396 e. The van der Waals surface area contributed by atoms with Crippen molar-refractivity contribution in [3.8, 4) is 0 Å². The molecule has 1 rings (SSSR count). The molecule has 2 unspecified atom stereocenters.